The maximum atomic E-state index is 12.6. The Kier molecular flexibility index (Phi) is 6.17. The van der Waals surface area contributed by atoms with Gasteiger partial charge in [0.15, 0.2) is 0 Å². The van der Waals surface area contributed by atoms with Gasteiger partial charge in [-0.1, -0.05) is 11.6 Å². The number of thiophene rings is 1. The van der Waals surface area contributed by atoms with Gasteiger partial charge in [-0.2, -0.15) is 0 Å². The van der Waals surface area contributed by atoms with E-state index in [0.29, 0.717) is 26.2 Å². The van der Waals surface area contributed by atoms with Crippen LogP contribution in [-0.2, 0) is 9.53 Å². The minimum absolute atomic E-state index is 0.194. The highest BCUT2D eigenvalue weighted by molar-refractivity contribution is 7.18. The van der Waals surface area contributed by atoms with E-state index in [2.05, 4.69) is 10.6 Å². The minimum Gasteiger partial charge on any atom is -0.462 e. The Bertz CT molecular complexity index is 815. The number of amides is 2. The maximum Gasteiger partial charge on any atom is 0.341 e. The molecule has 0 spiro atoms. The van der Waals surface area contributed by atoms with Crippen molar-refractivity contribution in [3.8, 4) is 0 Å². The molecule has 0 aliphatic rings. The molecule has 0 aliphatic heterocycles. The number of esters is 1. The van der Waals surface area contributed by atoms with Crippen molar-refractivity contribution < 1.29 is 19.1 Å². The summed E-state index contributed by atoms with van der Waals surface area (Å²) >= 11 is 6.85. The number of carbonyl (C=O) groups excluding carboxylic acids is 3. The zero-order valence-electron chi connectivity index (χ0n) is 13.9. The lowest BCUT2D eigenvalue weighted by atomic mass is 10.1. The van der Waals surface area contributed by atoms with Crippen LogP contribution >= 0.6 is 22.9 Å². The molecule has 1 aromatic heterocycles. The summed E-state index contributed by atoms with van der Waals surface area (Å²) in [4.78, 5) is 36.5. The summed E-state index contributed by atoms with van der Waals surface area (Å²) in [5.41, 5.74) is 1.22. The molecule has 2 amide bonds. The van der Waals surface area contributed by atoms with Gasteiger partial charge in [0, 0.05) is 17.6 Å². The van der Waals surface area contributed by atoms with Crippen LogP contribution in [-0.4, -0.2) is 24.4 Å². The van der Waals surface area contributed by atoms with Gasteiger partial charge in [-0.3, -0.25) is 9.59 Å². The van der Waals surface area contributed by atoms with Crippen LogP contribution in [0.15, 0.2) is 24.3 Å². The highest BCUT2D eigenvalue weighted by atomic mass is 35.5. The summed E-state index contributed by atoms with van der Waals surface area (Å²) in [6.07, 6.45) is 0. The topological polar surface area (TPSA) is 84.5 Å². The first-order valence-corrected chi connectivity index (χ1v) is 8.68. The summed E-state index contributed by atoms with van der Waals surface area (Å²) in [6.45, 7) is 4.86. The van der Waals surface area contributed by atoms with Crippen LogP contribution in [0, 0.1) is 6.92 Å². The molecule has 132 valence electrons. The van der Waals surface area contributed by atoms with Crippen molar-refractivity contribution in [2.24, 2.45) is 0 Å². The van der Waals surface area contributed by atoms with Gasteiger partial charge in [-0.15, -0.1) is 11.3 Å². The molecule has 0 saturated heterocycles. The zero-order valence-corrected chi connectivity index (χ0v) is 15.5. The number of ether oxygens (including phenoxy) is 1. The Hall–Kier alpha value is -2.38. The Morgan fingerprint density at radius 1 is 1.16 bits per heavy atom. The first kappa shape index (κ1) is 19.0. The molecule has 0 saturated carbocycles. The van der Waals surface area contributed by atoms with E-state index in [1.54, 1.807) is 38.1 Å². The molecular formula is C17H17ClN2O4S. The molecule has 1 aromatic carbocycles. The predicted octanol–water partition coefficient (Wildman–Crippen LogP) is 4.10. The number of nitrogens with one attached hydrogen (secondary N) is 2. The lowest BCUT2D eigenvalue weighted by molar-refractivity contribution is -0.114. The number of carbonyl (C=O) groups is 3. The van der Waals surface area contributed by atoms with Gasteiger partial charge in [-0.05, 0) is 43.7 Å². The fourth-order valence-electron chi connectivity index (χ4n) is 2.15. The second-order valence-electron chi connectivity index (χ2n) is 5.12. The van der Waals surface area contributed by atoms with Gasteiger partial charge in [0.25, 0.3) is 5.91 Å². The van der Waals surface area contributed by atoms with E-state index in [-0.39, 0.29) is 24.0 Å². The first-order chi connectivity index (χ1) is 11.8. The van der Waals surface area contributed by atoms with E-state index in [0.717, 1.165) is 11.3 Å². The summed E-state index contributed by atoms with van der Waals surface area (Å²) < 4.78 is 5.03. The Morgan fingerprint density at radius 3 is 2.36 bits per heavy atom. The number of halogens is 1. The van der Waals surface area contributed by atoms with Crippen molar-refractivity contribution in [2.45, 2.75) is 20.8 Å². The monoisotopic (exact) mass is 380 g/mol. The molecule has 2 aromatic rings. The van der Waals surface area contributed by atoms with E-state index in [9.17, 15) is 14.4 Å². The van der Waals surface area contributed by atoms with E-state index < -0.39 is 5.97 Å². The smallest absolute Gasteiger partial charge is 0.341 e. The van der Waals surface area contributed by atoms with Crippen LogP contribution in [0.2, 0.25) is 5.02 Å². The van der Waals surface area contributed by atoms with Crippen LogP contribution in [0.3, 0.4) is 0 Å². The van der Waals surface area contributed by atoms with Crippen molar-refractivity contribution in [1.82, 2.24) is 0 Å². The molecule has 6 nitrogen and oxygen atoms in total. The number of benzene rings is 1. The van der Waals surface area contributed by atoms with Crippen molar-refractivity contribution >= 4 is 51.4 Å². The molecule has 0 radical (unpaired) electrons. The lowest BCUT2D eigenvalue weighted by Crippen LogP contribution is -2.13. The van der Waals surface area contributed by atoms with Gasteiger partial charge in [0.2, 0.25) is 5.91 Å². The zero-order chi connectivity index (χ0) is 18.6. The highest BCUT2D eigenvalue weighted by Gasteiger charge is 2.26. The molecule has 2 N–H and O–H groups in total. The van der Waals surface area contributed by atoms with Crippen molar-refractivity contribution in [2.75, 3.05) is 17.2 Å². The molecule has 2 rings (SSSR count). The Morgan fingerprint density at radius 2 is 1.80 bits per heavy atom. The minimum atomic E-state index is -0.578. The maximum absolute atomic E-state index is 12.6. The molecule has 25 heavy (non-hydrogen) atoms. The van der Waals surface area contributed by atoms with Crippen LogP contribution in [0.1, 0.15) is 39.4 Å². The van der Waals surface area contributed by atoms with Gasteiger partial charge in [-0.25, -0.2) is 4.79 Å². The Balaban J connectivity index is 2.36. The molecule has 0 atom stereocenters. The standard InChI is InChI=1S/C17H17ClN2O4S/c1-4-24-17(23)13-9(2)14(25-16(13)19-10(3)21)15(22)20-12-7-5-11(18)6-8-12/h5-8H,4H2,1-3H3,(H,19,21)(H,20,22). The highest BCUT2D eigenvalue weighted by Crippen LogP contribution is 2.34. The largest absolute Gasteiger partial charge is 0.462 e. The average molecular weight is 381 g/mol. The van der Waals surface area contributed by atoms with E-state index in [4.69, 9.17) is 16.3 Å². The molecule has 0 aliphatic carbocycles. The second-order valence-corrected chi connectivity index (χ2v) is 6.58. The molecule has 0 unspecified atom stereocenters. The van der Waals surface area contributed by atoms with Crippen LogP contribution in [0.5, 0.6) is 0 Å². The van der Waals surface area contributed by atoms with Crippen LogP contribution in [0.4, 0.5) is 10.7 Å². The van der Waals surface area contributed by atoms with Gasteiger partial charge in [0.1, 0.15) is 5.00 Å². The van der Waals surface area contributed by atoms with Crippen LogP contribution in [0.25, 0.3) is 0 Å². The quantitative estimate of drug-likeness (QED) is 0.765. The average Bonchev–Trinajstić information content (AvgIpc) is 2.85. The summed E-state index contributed by atoms with van der Waals surface area (Å²) in [6, 6.07) is 6.66. The van der Waals surface area contributed by atoms with E-state index >= 15 is 0 Å². The third-order valence-corrected chi connectivity index (χ3v) is 4.68. The van der Waals surface area contributed by atoms with Crippen molar-refractivity contribution in [3.63, 3.8) is 0 Å². The predicted molar refractivity (Wildman–Crippen MR) is 98.7 cm³/mol. The van der Waals surface area contributed by atoms with E-state index in [1.165, 1.54) is 6.92 Å². The van der Waals surface area contributed by atoms with Crippen molar-refractivity contribution in [3.05, 3.63) is 45.3 Å². The fraction of sp³-hybridized carbons (Fsp3) is 0.235. The normalized spacial score (nSPS) is 10.2. The number of rotatable bonds is 5. The molecular weight excluding hydrogens is 364 g/mol. The fourth-order valence-corrected chi connectivity index (χ4v) is 3.41. The summed E-state index contributed by atoms with van der Waals surface area (Å²) in [7, 11) is 0. The number of hydrogen-bond acceptors (Lipinski definition) is 5. The second kappa shape index (κ2) is 8.13. The number of hydrogen-bond donors (Lipinski definition) is 2. The third-order valence-electron chi connectivity index (χ3n) is 3.22. The van der Waals surface area contributed by atoms with Gasteiger partial charge < -0.3 is 15.4 Å². The molecule has 0 fully saturated rings. The summed E-state index contributed by atoms with van der Waals surface area (Å²) in [5, 5.41) is 6.17. The third kappa shape index (κ3) is 4.58. The van der Waals surface area contributed by atoms with Crippen LogP contribution < -0.4 is 10.6 Å². The van der Waals surface area contributed by atoms with Crippen molar-refractivity contribution in [1.29, 1.82) is 0 Å². The Labute approximate surface area is 154 Å². The first-order valence-electron chi connectivity index (χ1n) is 7.48. The lowest BCUT2D eigenvalue weighted by Gasteiger charge is -2.06. The number of anilines is 2. The van der Waals surface area contributed by atoms with Gasteiger partial charge in [0.05, 0.1) is 17.0 Å². The molecule has 0 bridgehead atoms. The SMILES string of the molecule is CCOC(=O)c1c(NC(C)=O)sc(C(=O)Nc2ccc(Cl)cc2)c1C. The van der Waals surface area contributed by atoms with E-state index in [1.807, 2.05) is 0 Å². The van der Waals surface area contributed by atoms with Gasteiger partial charge >= 0.3 is 5.97 Å². The summed E-state index contributed by atoms with van der Waals surface area (Å²) in [5.74, 6) is -1.30. The molecule has 8 heteroatoms. The molecule has 1 heterocycles.